The van der Waals surface area contributed by atoms with E-state index in [0.717, 1.165) is 44.4 Å². The molecule has 1 aromatic carbocycles. The SMILES string of the molecule is c1csc(CN2CCC3(CCN(Cc4ccc(CN(Cc5ncc[nH]5)Cc5ncc[nH]5)cc4)CC3)CC2)c1. The number of nitrogens with one attached hydrogen (secondary N) is 2. The van der Waals surface area contributed by atoms with Crippen LogP contribution in [0.15, 0.2) is 66.6 Å². The van der Waals surface area contributed by atoms with E-state index in [1.807, 2.05) is 36.1 Å². The van der Waals surface area contributed by atoms with Gasteiger partial charge >= 0.3 is 0 Å². The second-order valence-corrected chi connectivity index (χ2v) is 12.2. The summed E-state index contributed by atoms with van der Waals surface area (Å²) in [6.07, 6.45) is 12.8. The maximum Gasteiger partial charge on any atom is 0.120 e. The van der Waals surface area contributed by atoms with Crippen molar-refractivity contribution in [3.63, 3.8) is 0 Å². The van der Waals surface area contributed by atoms with E-state index in [1.54, 1.807) is 0 Å². The first-order chi connectivity index (χ1) is 18.7. The van der Waals surface area contributed by atoms with Gasteiger partial charge in [-0.1, -0.05) is 30.3 Å². The first-order valence-electron chi connectivity index (χ1n) is 14.0. The summed E-state index contributed by atoms with van der Waals surface area (Å²) in [6, 6.07) is 13.7. The molecular weight excluding hydrogens is 490 g/mol. The number of aromatic amines is 2. The molecule has 38 heavy (non-hydrogen) atoms. The molecule has 0 aliphatic carbocycles. The lowest BCUT2D eigenvalue weighted by molar-refractivity contribution is 0.0303. The van der Waals surface area contributed by atoms with E-state index in [9.17, 15) is 0 Å². The van der Waals surface area contributed by atoms with Gasteiger partial charge < -0.3 is 9.97 Å². The minimum atomic E-state index is 0.581. The Labute approximate surface area is 229 Å². The Balaban J connectivity index is 0.979. The van der Waals surface area contributed by atoms with Crippen LogP contribution in [-0.4, -0.2) is 60.8 Å². The fourth-order valence-corrected chi connectivity index (χ4v) is 6.87. The van der Waals surface area contributed by atoms with Gasteiger partial charge in [0.15, 0.2) is 0 Å². The van der Waals surface area contributed by atoms with Crippen LogP contribution in [-0.2, 0) is 32.7 Å². The first kappa shape index (κ1) is 25.5. The molecule has 0 unspecified atom stereocenters. The first-order valence-corrected chi connectivity index (χ1v) is 14.8. The highest BCUT2D eigenvalue weighted by Crippen LogP contribution is 2.41. The van der Waals surface area contributed by atoms with Crippen molar-refractivity contribution in [2.45, 2.75) is 58.4 Å². The molecule has 2 N–H and O–H groups in total. The second kappa shape index (κ2) is 11.9. The van der Waals surface area contributed by atoms with Gasteiger partial charge in [-0.05, 0) is 79.9 Å². The normalized spacial score (nSPS) is 18.4. The summed E-state index contributed by atoms with van der Waals surface area (Å²) in [4.78, 5) is 24.5. The van der Waals surface area contributed by atoms with Crippen molar-refractivity contribution in [3.8, 4) is 0 Å². The quantitative estimate of drug-likeness (QED) is 0.293. The molecule has 1 spiro atoms. The van der Waals surface area contributed by atoms with Crippen LogP contribution in [0.3, 0.4) is 0 Å². The predicted molar refractivity (Wildman–Crippen MR) is 152 cm³/mol. The van der Waals surface area contributed by atoms with Crippen LogP contribution in [0.1, 0.15) is 53.3 Å². The number of benzene rings is 1. The standard InChI is InChI=1S/C30H39N7S/c1-2-27(38-19-1)22-36-17-9-30(10-18-36)7-15-35(16-8-30)20-25-3-5-26(6-4-25)21-37(23-28-31-11-12-32-28)24-29-33-13-14-34-29/h1-6,11-14,19H,7-10,15-18,20-24H2,(H,31,32)(H,33,34). The molecule has 4 aromatic rings. The monoisotopic (exact) mass is 529 g/mol. The molecule has 0 amide bonds. The third-order valence-corrected chi connectivity index (χ3v) is 9.35. The summed E-state index contributed by atoms with van der Waals surface area (Å²) in [7, 11) is 0. The molecule has 0 radical (unpaired) electrons. The highest BCUT2D eigenvalue weighted by Gasteiger charge is 2.37. The lowest BCUT2D eigenvalue weighted by Gasteiger charge is -2.47. The number of thiophene rings is 1. The van der Waals surface area contributed by atoms with E-state index in [4.69, 9.17) is 0 Å². The molecule has 200 valence electrons. The Morgan fingerprint density at radius 3 is 1.84 bits per heavy atom. The number of hydrogen-bond acceptors (Lipinski definition) is 6. The number of nitrogens with zero attached hydrogens (tertiary/aromatic N) is 5. The van der Waals surface area contributed by atoms with Gasteiger partial charge in [0.05, 0.1) is 13.1 Å². The van der Waals surface area contributed by atoms with Crippen molar-refractivity contribution in [2.24, 2.45) is 5.41 Å². The smallest absolute Gasteiger partial charge is 0.120 e. The highest BCUT2D eigenvalue weighted by atomic mass is 32.1. The van der Waals surface area contributed by atoms with E-state index in [2.05, 4.69) is 76.4 Å². The molecule has 2 fully saturated rings. The second-order valence-electron chi connectivity index (χ2n) is 11.2. The van der Waals surface area contributed by atoms with Gasteiger partial charge in [-0.15, -0.1) is 11.3 Å². The molecule has 5 heterocycles. The van der Waals surface area contributed by atoms with E-state index in [-0.39, 0.29) is 0 Å². The topological polar surface area (TPSA) is 67.1 Å². The zero-order valence-electron chi connectivity index (χ0n) is 22.2. The molecule has 6 rings (SSSR count). The summed E-state index contributed by atoms with van der Waals surface area (Å²) in [6.45, 7) is 9.56. The minimum absolute atomic E-state index is 0.581. The van der Waals surface area contributed by atoms with Crippen molar-refractivity contribution >= 4 is 11.3 Å². The molecule has 8 heteroatoms. The molecule has 0 saturated carbocycles. The predicted octanol–water partition coefficient (Wildman–Crippen LogP) is 5.27. The van der Waals surface area contributed by atoms with Crippen LogP contribution in [0, 0.1) is 5.41 Å². The van der Waals surface area contributed by atoms with Crippen LogP contribution in [0.5, 0.6) is 0 Å². The van der Waals surface area contributed by atoms with Gasteiger partial charge in [0.1, 0.15) is 11.6 Å². The Morgan fingerprint density at radius 1 is 0.737 bits per heavy atom. The maximum atomic E-state index is 4.42. The fraction of sp³-hybridized carbons (Fsp3) is 0.467. The average Bonchev–Trinajstić information content (AvgIpc) is 3.73. The largest absolute Gasteiger partial charge is 0.348 e. The Hall–Kier alpha value is -2.78. The van der Waals surface area contributed by atoms with Crippen molar-refractivity contribution < 1.29 is 0 Å². The lowest BCUT2D eigenvalue weighted by atomic mass is 9.71. The van der Waals surface area contributed by atoms with Gasteiger partial charge in [0.25, 0.3) is 0 Å². The summed E-state index contributed by atoms with van der Waals surface area (Å²) in [5, 5.41) is 2.20. The van der Waals surface area contributed by atoms with E-state index < -0.39 is 0 Å². The number of imidazole rings is 2. The van der Waals surface area contributed by atoms with Crippen LogP contribution in [0.25, 0.3) is 0 Å². The molecule has 0 atom stereocenters. The number of aromatic nitrogens is 4. The fourth-order valence-electron chi connectivity index (χ4n) is 6.12. The maximum absolute atomic E-state index is 4.42. The summed E-state index contributed by atoms with van der Waals surface area (Å²) < 4.78 is 0. The van der Waals surface area contributed by atoms with Crippen molar-refractivity contribution in [1.82, 2.24) is 34.6 Å². The molecule has 3 aromatic heterocycles. The van der Waals surface area contributed by atoms with Crippen LogP contribution in [0.2, 0.25) is 0 Å². The Bertz CT molecular complexity index is 1160. The number of rotatable bonds is 10. The molecule has 7 nitrogen and oxygen atoms in total. The van der Waals surface area contributed by atoms with E-state index in [0.29, 0.717) is 5.41 Å². The zero-order chi connectivity index (χ0) is 25.6. The lowest BCUT2D eigenvalue weighted by Crippen LogP contribution is -2.46. The number of H-pyrrole nitrogens is 2. The van der Waals surface area contributed by atoms with Crippen molar-refractivity contribution in [2.75, 3.05) is 26.2 Å². The molecule has 0 bridgehead atoms. The molecule has 2 saturated heterocycles. The van der Waals surface area contributed by atoms with E-state index in [1.165, 1.54) is 67.9 Å². The molecule has 2 aliphatic rings. The number of hydrogen-bond donors (Lipinski definition) is 2. The zero-order valence-corrected chi connectivity index (χ0v) is 23.0. The van der Waals surface area contributed by atoms with Crippen molar-refractivity contribution in [1.29, 1.82) is 0 Å². The Morgan fingerprint density at radius 2 is 1.32 bits per heavy atom. The average molecular weight is 530 g/mol. The van der Waals surface area contributed by atoms with Gasteiger partial charge in [-0.25, -0.2) is 9.97 Å². The van der Waals surface area contributed by atoms with E-state index >= 15 is 0 Å². The minimum Gasteiger partial charge on any atom is -0.348 e. The van der Waals surface area contributed by atoms with Crippen LogP contribution in [0.4, 0.5) is 0 Å². The van der Waals surface area contributed by atoms with Gasteiger partial charge in [-0.3, -0.25) is 14.7 Å². The summed E-state index contributed by atoms with van der Waals surface area (Å²) >= 11 is 1.89. The Kier molecular flexibility index (Phi) is 8.02. The van der Waals surface area contributed by atoms with Gasteiger partial charge in [0.2, 0.25) is 0 Å². The number of likely N-dealkylation sites (tertiary alicyclic amines) is 2. The molecule has 2 aliphatic heterocycles. The molecular formula is C30H39N7S. The van der Waals surface area contributed by atoms with Crippen LogP contribution < -0.4 is 0 Å². The summed E-state index contributed by atoms with van der Waals surface area (Å²) in [5.74, 6) is 1.95. The third kappa shape index (κ3) is 6.61. The van der Waals surface area contributed by atoms with Crippen LogP contribution >= 0.6 is 11.3 Å². The van der Waals surface area contributed by atoms with Crippen molar-refractivity contribution in [3.05, 3.63) is 94.2 Å². The third-order valence-electron chi connectivity index (χ3n) is 8.48. The summed E-state index contributed by atoms with van der Waals surface area (Å²) in [5.41, 5.74) is 3.32. The highest BCUT2D eigenvalue weighted by molar-refractivity contribution is 7.09. The number of piperidine rings is 2. The van der Waals surface area contributed by atoms with Gasteiger partial charge in [0, 0.05) is 49.3 Å². The van der Waals surface area contributed by atoms with Gasteiger partial charge in [-0.2, -0.15) is 0 Å².